The van der Waals surface area contributed by atoms with E-state index < -0.39 is 5.82 Å². The molecule has 0 aliphatic carbocycles. The molecule has 2 aliphatic rings. The van der Waals surface area contributed by atoms with Crippen LogP contribution in [0.3, 0.4) is 0 Å². The maximum Gasteiger partial charge on any atom is 0.258 e. The van der Waals surface area contributed by atoms with Gasteiger partial charge in [0.05, 0.1) is 31.4 Å². The first kappa shape index (κ1) is 22.5. The van der Waals surface area contributed by atoms with Gasteiger partial charge in [0.15, 0.2) is 16.7 Å². The van der Waals surface area contributed by atoms with E-state index in [2.05, 4.69) is 15.5 Å². The van der Waals surface area contributed by atoms with Gasteiger partial charge in [-0.05, 0) is 55.7 Å². The molecule has 1 fully saturated rings. The van der Waals surface area contributed by atoms with Crippen LogP contribution >= 0.6 is 12.2 Å². The topological polar surface area (TPSA) is 72.7 Å². The van der Waals surface area contributed by atoms with Crippen LogP contribution in [0.4, 0.5) is 4.39 Å². The number of benzene rings is 2. The third-order valence-electron chi connectivity index (χ3n) is 6.21. The first-order chi connectivity index (χ1) is 16.5. The Morgan fingerprint density at radius 3 is 2.76 bits per heavy atom. The van der Waals surface area contributed by atoms with Crippen molar-refractivity contribution in [3.8, 4) is 17.1 Å². The monoisotopic (exact) mass is 480 g/mol. The molecule has 3 aromatic rings. The van der Waals surface area contributed by atoms with Crippen LogP contribution in [-0.4, -0.2) is 46.5 Å². The summed E-state index contributed by atoms with van der Waals surface area (Å²) in [5.41, 5.74) is 3.26. The zero-order chi connectivity index (χ0) is 23.7. The predicted molar refractivity (Wildman–Crippen MR) is 129 cm³/mol. The van der Waals surface area contributed by atoms with Crippen molar-refractivity contribution in [3.05, 3.63) is 71.5 Å². The Balaban J connectivity index is 1.55. The molecule has 0 spiro atoms. The lowest BCUT2D eigenvalue weighted by atomic mass is 9.94. The highest BCUT2D eigenvalue weighted by Gasteiger charge is 2.35. The highest BCUT2D eigenvalue weighted by atomic mass is 32.1. The van der Waals surface area contributed by atoms with Crippen LogP contribution in [0.25, 0.3) is 17.0 Å². The van der Waals surface area contributed by atoms with Gasteiger partial charge in [0.1, 0.15) is 0 Å². The summed E-state index contributed by atoms with van der Waals surface area (Å²) >= 11 is 5.74. The fourth-order valence-electron chi connectivity index (χ4n) is 4.42. The van der Waals surface area contributed by atoms with Crippen LogP contribution in [0.5, 0.6) is 5.75 Å². The second-order valence-corrected chi connectivity index (χ2v) is 8.70. The van der Waals surface area contributed by atoms with E-state index in [4.69, 9.17) is 26.2 Å². The SMILES string of the molecule is COc1ccc(-c2noc(C3=C(C)N(CC4CCCO4)C(=S)NC3c3ccccc3)n2)cc1F. The lowest BCUT2D eigenvalue weighted by Gasteiger charge is -2.38. The molecule has 2 atom stereocenters. The molecular formula is C25H25FN4O3S. The Labute approximate surface area is 202 Å². The Morgan fingerprint density at radius 2 is 2.06 bits per heavy atom. The molecule has 2 aromatic carbocycles. The van der Waals surface area contributed by atoms with Gasteiger partial charge in [0.2, 0.25) is 5.82 Å². The summed E-state index contributed by atoms with van der Waals surface area (Å²) in [6.07, 6.45) is 2.16. The minimum Gasteiger partial charge on any atom is -0.494 e. The molecule has 5 rings (SSSR count). The van der Waals surface area contributed by atoms with Crippen molar-refractivity contribution in [3.63, 3.8) is 0 Å². The number of rotatable bonds is 6. The Kier molecular flexibility index (Phi) is 6.30. The molecule has 7 nitrogen and oxygen atoms in total. The average Bonchev–Trinajstić information content (AvgIpc) is 3.54. The second-order valence-electron chi connectivity index (χ2n) is 8.31. The number of nitrogens with zero attached hydrogens (tertiary/aromatic N) is 3. The molecule has 34 heavy (non-hydrogen) atoms. The van der Waals surface area contributed by atoms with Crippen LogP contribution in [0.2, 0.25) is 0 Å². The number of nitrogens with one attached hydrogen (secondary N) is 1. The first-order valence-electron chi connectivity index (χ1n) is 11.2. The summed E-state index contributed by atoms with van der Waals surface area (Å²) in [5.74, 6) is 0.314. The summed E-state index contributed by atoms with van der Waals surface area (Å²) < 4.78 is 30.8. The number of thiocarbonyl (C=S) groups is 1. The van der Waals surface area contributed by atoms with Crippen molar-refractivity contribution in [2.45, 2.75) is 31.9 Å². The molecule has 0 amide bonds. The summed E-state index contributed by atoms with van der Waals surface area (Å²) in [6.45, 7) is 3.42. The molecule has 0 saturated carbocycles. The molecule has 9 heteroatoms. The first-order valence-corrected chi connectivity index (χ1v) is 11.6. The van der Waals surface area contributed by atoms with Crippen molar-refractivity contribution in [1.29, 1.82) is 0 Å². The minimum atomic E-state index is -0.490. The lowest BCUT2D eigenvalue weighted by Crippen LogP contribution is -2.48. The van der Waals surface area contributed by atoms with Crippen molar-refractivity contribution in [2.24, 2.45) is 0 Å². The maximum atomic E-state index is 14.3. The Hall–Kier alpha value is -3.30. The van der Waals surface area contributed by atoms with E-state index in [1.807, 2.05) is 42.2 Å². The number of aromatic nitrogens is 2. The van der Waals surface area contributed by atoms with Crippen LogP contribution in [0, 0.1) is 5.82 Å². The van der Waals surface area contributed by atoms with Gasteiger partial charge in [-0.25, -0.2) is 4.39 Å². The van der Waals surface area contributed by atoms with Gasteiger partial charge < -0.3 is 24.2 Å². The molecule has 0 radical (unpaired) electrons. The van der Waals surface area contributed by atoms with Gasteiger partial charge in [0.25, 0.3) is 5.89 Å². The molecule has 1 saturated heterocycles. The Bertz CT molecular complexity index is 1220. The quantitative estimate of drug-likeness (QED) is 0.508. The van der Waals surface area contributed by atoms with Gasteiger partial charge in [-0.15, -0.1) is 0 Å². The van der Waals surface area contributed by atoms with Gasteiger partial charge in [-0.1, -0.05) is 35.5 Å². The fraction of sp³-hybridized carbons (Fsp3) is 0.320. The van der Waals surface area contributed by atoms with Crippen molar-refractivity contribution in [2.75, 3.05) is 20.3 Å². The van der Waals surface area contributed by atoms with Crippen LogP contribution in [0.1, 0.15) is 37.3 Å². The van der Waals surface area contributed by atoms with E-state index in [-0.39, 0.29) is 17.9 Å². The Morgan fingerprint density at radius 1 is 1.24 bits per heavy atom. The molecule has 2 unspecified atom stereocenters. The minimum absolute atomic E-state index is 0.116. The predicted octanol–water partition coefficient (Wildman–Crippen LogP) is 4.73. The number of halogens is 1. The largest absolute Gasteiger partial charge is 0.494 e. The standard InChI is InChI=1S/C25H25FN4O3S/c1-15-21(24-28-23(29-33-24)17-10-11-20(31-2)19(26)13-17)22(16-7-4-3-5-8-16)27-25(34)30(15)14-18-9-6-12-32-18/h3-5,7-8,10-11,13,18,22H,6,9,12,14H2,1-2H3,(H,27,34). The van der Waals surface area contributed by atoms with Gasteiger partial charge in [0, 0.05) is 17.9 Å². The van der Waals surface area contributed by atoms with Crippen molar-refractivity contribution in [1.82, 2.24) is 20.4 Å². The maximum absolute atomic E-state index is 14.3. The van der Waals surface area contributed by atoms with Gasteiger partial charge >= 0.3 is 0 Å². The third-order valence-corrected chi connectivity index (χ3v) is 6.54. The normalized spacial score (nSPS) is 20.6. The summed E-state index contributed by atoms with van der Waals surface area (Å²) in [6, 6.07) is 14.3. The molecule has 176 valence electrons. The molecule has 1 aromatic heterocycles. The van der Waals surface area contributed by atoms with E-state index in [1.165, 1.54) is 13.2 Å². The van der Waals surface area contributed by atoms with Crippen LogP contribution < -0.4 is 10.1 Å². The molecular weight excluding hydrogens is 455 g/mol. The van der Waals surface area contributed by atoms with Crippen molar-refractivity contribution >= 4 is 22.9 Å². The second kappa shape index (κ2) is 9.52. The smallest absolute Gasteiger partial charge is 0.258 e. The highest BCUT2D eigenvalue weighted by molar-refractivity contribution is 7.80. The molecule has 3 heterocycles. The number of hydrogen-bond donors (Lipinski definition) is 1. The number of hydrogen-bond acceptors (Lipinski definition) is 6. The number of methoxy groups -OCH3 is 1. The van der Waals surface area contributed by atoms with Crippen molar-refractivity contribution < 1.29 is 18.4 Å². The summed E-state index contributed by atoms with van der Waals surface area (Å²) in [4.78, 5) is 6.67. The zero-order valence-electron chi connectivity index (χ0n) is 19.0. The highest BCUT2D eigenvalue weighted by Crippen LogP contribution is 2.38. The summed E-state index contributed by atoms with van der Waals surface area (Å²) in [5, 5.41) is 8.21. The van der Waals surface area contributed by atoms with E-state index in [0.29, 0.717) is 28.9 Å². The fourth-order valence-corrected chi connectivity index (χ4v) is 4.75. The van der Waals surface area contributed by atoms with Gasteiger partial charge in [-0.2, -0.15) is 4.98 Å². The lowest BCUT2D eigenvalue weighted by molar-refractivity contribution is 0.0962. The average molecular weight is 481 g/mol. The van der Waals surface area contributed by atoms with Crippen LogP contribution in [-0.2, 0) is 4.74 Å². The molecule has 0 bridgehead atoms. The van der Waals surface area contributed by atoms with Crippen LogP contribution in [0.15, 0.2) is 58.8 Å². The van der Waals surface area contributed by atoms with E-state index in [1.54, 1.807) is 12.1 Å². The van der Waals surface area contributed by atoms with E-state index in [0.717, 1.165) is 36.3 Å². The number of ether oxygens (including phenoxy) is 2. The van der Waals surface area contributed by atoms with E-state index in [9.17, 15) is 4.39 Å². The molecule has 2 aliphatic heterocycles. The number of allylic oxidation sites excluding steroid dienone is 1. The van der Waals surface area contributed by atoms with Gasteiger partial charge in [-0.3, -0.25) is 0 Å². The third kappa shape index (κ3) is 4.28. The molecule has 1 N–H and O–H groups in total. The zero-order valence-corrected chi connectivity index (χ0v) is 19.8. The van der Waals surface area contributed by atoms with E-state index >= 15 is 0 Å². The summed E-state index contributed by atoms with van der Waals surface area (Å²) in [7, 11) is 1.42.